The Morgan fingerprint density at radius 1 is 0.577 bits per heavy atom. The van der Waals surface area contributed by atoms with E-state index in [-0.39, 0.29) is 31.6 Å². The zero-order valence-electron chi connectivity index (χ0n) is 28.9. The average molecular weight is 851 g/mol. The number of aromatic nitrogens is 1. The van der Waals surface area contributed by atoms with Crippen LogP contribution in [-0.2, 0) is 24.9 Å². The maximum atomic E-state index is 10.0. The van der Waals surface area contributed by atoms with Gasteiger partial charge < -0.3 is 10.1 Å². The van der Waals surface area contributed by atoms with E-state index in [4.69, 9.17) is 10.1 Å². The van der Waals surface area contributed by atoms with Gasteiger partial charge >= 0.3 is 0 Å². The third kappa shape index (κ3) is 7.85. The second-order valence-corrected chi connectivity index (χ2v) is 12.5. The van der Waals surface area contributed by atoms with Crippen molar-refractivity contribution in [1.29, 1.82) is 0 Å². The van der Waals surface area contributed by atoms with Crippen LogP contribution in [0.4, 0.5) is 0 Å². The molecule has 255 valence electrons. The smallest absolute Gasteiger partial charge is 0.155 e. The third-order valence-electron chi connectivity index (χ3n) is 8.86. The molecule has 52 heavy (non-hydrogen) atoms. The Bertz CT molecular complexity index is 2510. The summed E-state index contributed by atoms with van der Waals surface area (Å²) in [7, 11) is 0. The maximum Gasteiger partial charge on any atom is 0.155 e. The zero-order valence-corrected chi connectivity index (χ0v) is 31.3. The normalized spacial score (nSPS) is 11.0. The molecule has 4 heteroatoms. The summed E-state index contributed by atoms with van der Waals surface area (Å²) in [5, 5.41) is 13.2. The molecular formula is C48H36IrNO2-. The molecule has 0 saturated carbocycles. The van der Waals surface area contributed by atoms with E-state index in [0.29, 0.717) is 0 Å². The Morgan fingerprint density at radius 3 is 1.87 bits per heavy atom. The zero-order chi connectivity index (χ0) is 35.2. The van der Waals surface area contributed by atoms with E-state index in [0.717, 1.165) is 27.8 Å². The number of ketones is 1. The Hall–Kier alpha value is -5.93. The molecule has 0 fully saturated rings. The standard InChI is InChI=1S/C43H28N.C5H8O2.Ir/c1-3-12-30(13-4-1)37-24-25-39(31-14-5-2-6-15-31)42-38(22-11-23-41(37)42)35-19-9-17-33(28-35)34-18-10-20-36(29-34)43-40-21-8-7-16-32(40)26-27-44-43;1-4(6)3-5(2)7;/h1-19,21-29H;3,6H,1-2H3;/q-1;;/b;4-3-;. The van der Waals surface area contributed by atoms with Gasteiger partial charge in [-0.2, -0.15) is 0 Å². The number of hydrogen-bond donors (Lipinski definition) is 1. The quantitative estimate of drug-likeness (QED) is 0.103. The first-order chi connectivity index (χ1) is 25.0. The molecule has 0 aliphatic heterocycles. The molecule has 0 spiro atoms. The number of nitrogens with zero attached hydrogens (tertiary/aromatic N) is 1. The Balaban J connectivity index is 0.000000530. The van der Waals surface area contributed by atoms with Crippen molar-refractivity contribution in [2.75, 3.05) is 0 Å². The molecule has 0 saturated heterocycles. The molecule has 0 unspecified atom stereocenters. The number of fused-ring (bicyclic) bond motifs is 2. The molecule has 1 aromatic heterocycles. The summed E-state index contributed by atoms with van der Waals surface area (Å²) in [5.74, 6) is -0.0625. The number of carbonyl (C=O) groups excluding carboxylic acids is 1. The summed E-state index contributed by atoms with van der Waals surface area (Å²) >= 11 is 0. The second-order valence-electron chi connectivity index (χ2n) is 12.5. The van der Waals surface area contributed by atoms with Gasteiger partial charge in [0.25, 0.3) is 0 Å². The summed E-state index contributed by atoms with van der Waals surface area (Å²) in [4.78, 5) is 14.8. The van der Waals surface area contributed by atoms with E-state index >= 15 is 0 Å². The van der Waals surface area contributed by atoms with Gasteiger partial charge in [0.15, 0.2) is 5.78 Å². The van der Waals surface area contributed by atoms with E-state index in [1.165, 1.54) is 69.5 Å². The van der Waals surface area contributed by atoms with Gasteiger partial charge in [0, 0.05) is 32.4 Å². The van der Waals surface area contributed by atoms with Crippen LogP contribution in [0.1, 0.15) is 13.8 Å². The maximum absolute atomic E-state index is 10.0. The topological polar surface area (TPSA) is 50.2 Å². The summed E-state index contributed by atoms with van der Waals surface area (Å²) in [6.07, 6.45) is 3.05. The second kappa shape index (κ2) is 16.4. The van der Waals surface area contributed by atoms with Gasteiger partial charge in [0.1, 0.15) is 0 Å². The minimum absolute atomic E-state index is 0. The van der Waals surface area contributed by atoms with E-state index in [1.807, 2.05) is 12.3 Å². The largest absolute Gasteiger partial charge is 0.512 e. The van der Waals surface area contributed by atoms with Crippen LogP contribution in [0, 0.1) is 6.07 Å². The van der Waals surface area contributed by atoms with Crippen molar-refractivity contribution in [3.8, 4) is 55.8 Å². The number of carbonyl (C=O) groups is 1. The number of hydrogen-bond acceptors (Lipinski definition) is 3. The van der Waals surface area contributed by atoms with Crippen molar-refractivity contribution in [2.24, 2.45) is 0 Å². The molecule has 8 rings (SSSR count). The summed E-state index contributed by atoms with van der Waals surface area (Å²) < 4.78 is 0. The fraction of sp³-hybridized carbons (Fsp3) is 0.0417. The summed E-state index contributed by atoms with van der Waals surface area (Å²) in [6, 6.07) is 61.8. The van der Waals surface area contributed by atoms with E-state index in [2.05, 4.69) is 164 Å². The molecule has 1 radical (unpaired) electrons. The van der Waals surface area contributed by atoms with Crippen LogP contribution in [0.3, 0.4) is 0 Å². The first-order valence-corrected chi connectivity index (χ1v) is 17.0. The summed E-state index contributed by atoms with van der Waals surface area (Å²) in [5.41, 5.74) is 11.6. The molecular weight excluding hydrogens is 815 g/mol. The van der Waals surface area contributed by atoms with Crippen LogP contribution in [0.15, 0.2) is 182 Å². The number of benzene rings is 7. The predicted molar refractivity (Wildman–Crippen MR) is 212 cm³/mol. The number of aliphatic hydroxyl groups excluding tert-OH is 1. The number of allylic oxidation sites excluding steroid dienone is 2. The molecule has 7 aromatic carbocycles. The molecule has 3 nitrogen and oxygen atoms in total. The molecule has 1 heterocycles. The van der Waals surface area contributed by atoms with E-state index in [1.54, 1.807) is 0 Å². The van der Waals surface area contributed by atoms with Crippen LogP contribution in [-0.4, -0.2) is 15.9 Å². The van der Waals surface area contributed by atoms with Gasteiger partial charge in [-0.15, -0.1) is 35.4 Å². The van der Waals surface area contributed by atoms with Crippen LogP contribution in [0.25, 0.3) is 77.3 Å². The molecule has 0 amide bonds. The Morgan fingerprint density at radius 2 is 1.15 bits per heavy atom. The van der Waals surface area contributed by atoms with Gasteiger partial charge in [-0.3, -0.25) is 4.79 Å². The average Bonchev–Trinajstić information content (AvgIpc) is 3.17. The first-order valence-electron chi connectivity index (χ1n) is 17.0. The third-order valence-corrected chi connectivity index (χ3v) is 8.86. The Kier molecular flexibility index (Phi) is 11.3. The van der Waals surface area contributed by atoms with Gasteiger partial charge in [-0.05, 0) is 92.2 Å². The summed E-state index contributed by atoms with van der Waals surface area (Å²) in [6.45, 7) is 2.85. The fourth-order valence-electron chi connectivity index (χ4n) is 6.65. The van der Waals surface area contributed by atoms with Crippen LogP contribution in [0.5, 0.6) is 0 Å². The Labute approximate surface area is 318 Å². The van der Waals surface area contributed by atoms with Crippen molar-refractivity contribution in [1.82, 2.24) is 4.98 Å². The van der Waals surface area contributed by atoms with Gasteiger partial charge in [-0.1, -0.05) is 133 Å². The predicted octanol–water partition coefficient (Wildman–Crippen LogP) is 12.6. The SMILES string of the molecule is CC(=O)/C=C(/C)O.[Ir].[c-]1ccc(-c2cccc(-c3cccc4c(-c5ccccc5)ccc(-c5ccccc5)c34)c2)cc1-c1nccc2ccccc12. The number of rotatable bonds is 6. The minimum Gasteiger partial charge on any atom is -0.512 e. The minimum atomic E-state index is -0.125. The molecule has 8 aromatic rings. The molecule has 1 N–H and O–H groups in total. The van der Waals surface area contributed by atoms with Gasteiger partial charge in [0.2, 0.25) is 0 Å². The molecule has 0 atom stereocenters. The number of aliphatic hydroxyl groups is 1. The molecule has 0 aliphatic carbocycles. The van der Waals surface area contributed by atoms with Gasteiger partial charge in [0.05, 0.1) is 5.76 Å². The van der Waals surface area contributed by atoms with Crippen molar-refractivity contribution in [3.05, 3.63) is 188 Å². The van der Waals surface area contributed by atoms with Crippen molar-refractivity contribution in [2.45, 2.75) is 13.8 Å². The number of pyridine rings is 1. The molecule has 0 bridgehead atoms. The van der Waals surface area contributed by atoms with E-state index in [9.17, 15) is 4.79 Å². The van der Waals surface area contributed by atoms with Crippen LogP contribution >= 0.6 is 0 Å². The van der Waals surface area contributed by atoms with Crippen molar-refractivity contribution < 1.29 is 30.0 Å². The van der Waals surface area contributed by atoms with Crippen molar-refractivity contribution >= 4 is 27.3 Å². The van der Waals surface area contributed by atoms with E-state index < -0.39 is 0 Å². The fourth-order valence-corrected chi connectivity index (χ4v) is 6.65. The molecule has 0 aliphatic rings. The van der Waals surface area contributed by atoms with Crippen LogP contribution in [0.2, 0.25) is 0 Å². The van der Waals surface area contributed by atoms with Crippen molar-refractivity contribution in [3.63, 3.8) is 0 Å². The first kappa shape index (κ1) is 35.9. The van der Waals surface area contributed by atoms with Gasteiger partial charge in [-0.25, -0.2) is 0 Å². The monoisotopic (exact) mass is 851 g/mol. The van der Waals surface area contributed by atoms with Crippen LogP contribution < -0.4 is 0 Å².